The second kappa shape index (κ2) is 8.88. The third-order valence-electron chi connectivity index (χ3n) is 4.50. The van der Waals surface area contributed by atoms with Gasteiger partial charge >= 0.3 is 0 Å². The molecule has 2 aromatic heterocycles. The number of benzene rings is 2. The SMILES string of the molecule is O=c1c2ccccc2c(-c2cccs2)nn1C[C@@H](O)COCc1ccc(Cl)cc1. The highest BCUT2D eigenvalue weighted by molar-refractivity contribution is 7.13. The van der Waals surface area contributed by atoms with E-state index in [1.165, 1.54) is 4.68 Å². The molecule has 4 aromatic rings. The van der Waals surface area contributed by atoms with Crippen molar-refractivity contribution in [3.05, 3.63) is 87.0 Å². The molecule has 0 amide bonds. The lowest BCUT2D eigenvalue weighted by Crippen LogP contribution is -2.31. The first kappa shape index (κ1) is 19.8. The summed E-state index contributed by atoms with van der Waals surface area (Å²) < 4.78 is 6.92. The van der Waals surface area contributed by atoms with Gasteiger partial charge in [0.2, 0.25) is 0 Å². The van der Waals surface area contributed by atoms with Crippen LogP contribution in [0.4, 0.5) is 0 Å². The number of hydrogen-bond acceptors (Lipinski definition) is 5. The number of nitrogens with zero attached hydrogens (tertiary/aromatic N) is 2. The van der Waals surface area contributed by atoms with Gasteiger partial charge in [-0.25, -0.2) is 4.68 Å². The molecule has 2 aromatic carbocycles. The number of halogens is 1. The fraction of sp³-hybridized carbons (Fsp3) is 0.182. The summed E-state index contributed by atoms with van der Waals surface area (Å²) in [5.41, 5.74) is 1.48. The van der Waals surface area contributed by atoms with Crippen LogP contribution < -0.4 is 5.56 Å². The van der Waals surface area contributed by atoms with E-state index < -0.39 is 6.10 Å². The number of fused-ring (bicyclic) bond motifs is 1. The number of ether oxygens (including phenoxy) is 1. The molecule has 0 saturated carbocycles. The first-order valence-electron chi connectivity index (χ1n) is 9.16. The highest BCUT2D eigenvalue weighted by Crippen LogP contribution is 2.28. The Hall–Kier alpha value is -2.51. The molecule has 1 atom stereocenters. The summed E-state index contributed by atoms with van der Waals surface area (Å²) in [6, 6.07) is 18.7. The standard InChI is InChI=1S/C22H19ClN2O3S/c23-16-9-7-15(8-10-16)13-28-14-17(26)12-25-22(27)19-5-2-1-4-18(19)21(24-25)20-6-3-11-29-20/h1-11,17,26H,12-14H2/t17-/m1/s1. The molecule has 7 heteroatoms. The fourth-order valence-corrected chi connectivity index (χ4v) is 3.95. The fourth-order valence-electron chi connectivity index (χ4n) is 3.10. The smallest absolute Gasteiger partial charge is 0.274 e. The van der Waals surface area contributed by atoms with Gasteiger partial charge in [-0.3, -0.25) is 4.79 Å². The first-order chi connectivity index (χ1) is 14.1. The second-order valence-corrected chi connectivity index (χ2v) is 8.04. The van der Waals surface area contributed by atoms with Crippen LogP contribution in [0.2, 0.25) is 5.02 Å². The molecule has 0 aliphatic carbocycles. The lowest BCUT2D eigenvalue weighted by atomic mass is 10.1. The molecular formula is C22H19ClN2O3S. The Morgan fingerprint density at radius 1 is 1.07 bits per heavy atom. The number of thiophene rings is 1. The third-order valence-corrected chi connectivity index (χ3v) is 5.63. The van der Waals surface area contributed by atoms with Crippen LogP contribution in [-0.2, 0) is 17.9 Å². The highest BCUT2D eigenvalue weighted by atomic mass is 35.5. The van der Waals surface area contributed by atoms with Crippen LogP contribution >= 0.6 is 22.9 Å². The van der Waals surface area contributed by atoms with Crippen LogP contribution in [0.5, 0.6) is 0 Å². The topological polar surface area (TPSA) is 64.4 Å². The van der Waals surface area contributed by atoms with Gasteiger partial charge in [0.1, 0.15) is 5.69 Å². The lowest BCUT2D eigenvalue weighted by Gasteiger charge is -2.14. The van der Waals surface area contributed by atoms with E-state index in [1.807, 2.05) is 47.8 Å². The van der Waals surface area contributed by atoms with Crippen molar-refractivity contribution < 1.29 is 9.84 Å². The van der Waals surface area contributed by atoms with Gasteiger partial charge in [-0.1, -0.05) is 48.0 Å². The molecule has 0 aliphatic rings. The monoisotopic (exact) mass is 426 g/mol. The molecule has 148 valence electrons. The van der Waals surface area contributed by atoms with E-state index in [2.05, 4.69) is 5.10 Å². The lowest BCUT2D eigenvalue weighted by molar-refractivity contribution is 0.0181. The molecule has 4 rings (SSSR count). The third kappa shape index (κ3) is 4.57. The minimum absolute atomic E-state index is 0.0582. The van der Waals surface area contributed by atoms with Crippen LogP contribution in [0.15, 0.2) is 70.8 Å². The zero-order chi connectivity index (χ0) is 20.2. The average molecular weight is 427 g/mol. The van der Waals surface area contributed by atoms with Crippen molar-refractivity contribution >= 4 is 33.7 Å². The normalized spacial score (nSPS) is 12.3. The summed E-state index contributed by atoms with van der Waals surface area (Å²) >= 11 is 7.44. The minimum Gasteiger partial charge on any atom is -0.389 e. The summed E-state index contributed by atoms with van der Waals surface area (Å²) in [5.74, 6) is 0. The largest absolute Gasteiger partial charge is 0.389 e. The molecule has 0 bridgehead atoms. The maximum Gasteiger partial charge on any atom is 0.274 e. The summed E-state index contributed by atoms with van der Waals surface area (Å²) in [7, 11) is 0. The Morgan fingerprint density at radius 3 is 2.55 bits per heavy atom. The van der Waals surface area contributed by atoms with Gasteiger partial charge in [-0.15, -0.1) is 11.3 Å². The molecule has 0 unspecified atom stereocenters. The molecular weight excluding hydrogens is 408 g/mol. The number of aliphatic hydroxyl groups is 1. The number of aliphatic hydroxyl groups excluding tert-OH is 1. The Kier molecular flexibility index (Phi) is 6.06. The van der Waals surface area contributed by atoms with Crippen molar-refractivity contribution in [2.75, 3.05) is 6.61 Å². The Bertz CT molecular complexity index is 1160. The minimum atomic E-state index is -0.857. The average Bonchev–Trinajstić information content (AvgIpc) is 3.26. The van der Waals surface area contributed by atoms with Gasteiger partial charge in [0.25, 0.3) is 5.56 Å². The van der Waals surface area contributed by atoms with E-state index in [0.717, 1.165) is 21.5 Å². The number of hydrogen-bond donors (Lipinski definition) is 1. The zero-order valence-electron chi connectivity index (χ0n) is 15.5. The summed E-state index contributed by atoms with van der Waals surface area (Å²) in [6.45, 7) is 0.509. The van der Waals surface area contributed by atoms with Crippen molar-refractivity contribution in [3.63, 3.8) is 0 Å². The predicted molar refractivity (Wildman–Crippen MR) is 116 cm³/mol. The van der Waals surface area contributed by atoms with E-state index >= 15 is 0 Å². The second-order valence-electron chi connectivity index (χ2n) is 6.65. The number of aromatic nitrogens is 2. The molecule has 0 radical (unpaired) electrons. The van der Waals surface area contributed by atoms with E-state index in [0.29, 0.717) is 17.0 Å². The molecule has 0 saturated heterocycles. The van der Waals surface area contributed by atoms with Gasteiger partial charge in [0, 0.05) is 10.4 Å². The van der Waals surface area contributed by atoms with Crippen LogP contribution in [0.1, 0.15) is 5.56 Å². The van der Waals surface area contributed by atoms with Crippen LogP contribution in [0.3, 0.4) is 0 Å². The zero-order valence-corrected chi connectivity index (χ0v) is 17.1. The Labute approximate surface area is 176 Å². The van der Waals surface area contributed by atoms with E-state index in [-0.39, 0.29) is 18.7 Å². The summed E-state index contributed by atoms with van der Waals surface area (Å²) in [5, 5.41) is 19.0. The Balaban J connectivity index is 1.52. The van der Waals surface area contributed by atoms with Crippen molar-refractivity contribution in [2.24, 2.45) is 0 Å². The molecule has 1 N–H and O–H groups in total. The first-order valence-corrected chi connectivity index (χ1v) is 10.4. The molecule has 0 spiro atoms. The number of rotatable bonds is 7. The maximum absolute atomic E-state index is 12.9. The van der Waals surface area contributed by atoms with Crippen molar-refractivity contribution in [2.45, 2.75) is 19.3 Å². The van der Waals surface area contributed by atoms with Crippen molar-refractivity contribution in [3.8, 4) is 10.6 Å². The molecule has 2 heterocycles. The van der Waals surface area contributed by atoms with Gasteiger partial charge in [0.15, 0.2) is 0 Å². The van der Waals surface area contributed by atoms with E-state index in [1.54, 1.807) is 29.5 Å². The van der Waals surface area contributed by atoms with Crippen molar-refractivity contribution in [1.29, 1.82) is 0 Å². The summed E-state index contributed by atoms with van der Waals surface area (Å²) in [6.07, 6.45) is -0.857. The molecule has 0 aliphatic heterocycles. The van der Waals surface area contributed by atoms with Crippen LogP contribution in [0, 0.1) is 0 Å². The molecule has 0 fully saturated rings. The van der Waals surface area contributed by atoms with Gasteiger partial charge in [-0.05, 0) is 35.2 Å². The summed E-state index contributed by atoms with van der Waals surface area (Å²) in [4.78, 5) is 13.8. The molecule has 5 nitrogen and oxygen atoms in total. The van der Waals surface area contributed by atoms with Gasteiger partial charge in [0.05, 0.1) is 36.1 Å². The van der Waals surface area contributed by atoms with E-state index in [9.17, 15) is 9.90 Å². The molecule has 29 heavy (non-hydrogen) atoms. The van der Waals surface area contributed by atoms with E-state index in [4.69, 9.17) is 16.3 Å². The van der Waals surface area contributed by atoms with Crippen molar-refractivity contribution in [1.82, 2.24) is 9.78 Å². The maximum atomic E-state index is 12.9. The predicted octanol–water partition coefficient (Wildman–Crippen LogP) is 4.36. The quantitative estimate of drug-likeness (QED) is 0.477. The van der Waals surface area contributed by atoms with Crippen LogP contribution in [-0.4, -0.2) is 27.6 Å². The van der Waals surface area contributed by atoms with Crippen LogP contribution in [0.25, 0.3) is 21.3 Å². The van der Waals surface area contributed by atoms with Gasteiger partial charge < -0.3 is 9.84 Å². The van der Waals surface area contributed by atoms with Gasteiger partial charge in [-0.2, -0.15) is 5.10 Å². The highest BCUT2D eigenvalue weighted by Gasteiger charge is 2.15. The Morgan fingerprint density at radius 2 is 1.83 bits per heavy atom.